The standard InChI is InChI=1S/C15H30N2OS/c1-14(2)8-9-17(10-11-19-14)15(12-16)6-4-13(18-3)5-7-15/h13H,4-12,16H2,1-3H3. The number of thioether (sulfide) groups is 1. The van der Waals surface area contributed by atoms with E-state index in [1.165, 1.54) is 50.9 Å². The van der Waals surface area contributed by atoms with Gasteiger partial charge in [-0.25, -0.2) is 0 Å². The van der Waals surface area contributed by atoms with Crippen molar-refractivity contribution < 1.29 is 4.74 Å². The first-order valence-corrected chi connectivity index (χ1v) is 8.62. The van der Waals surface area contributed by atoms with E-state index in [0.717, 1.165) is 6.54 Å². The van der Waals surface area contributed by atoms with E-state index < -0.39 is 0 Å². The second-order valence-electron chi connectivity index (χ2n) is 6.71. The average molecular weight is 286 g/mol. The van der Waals surface area contributed by atoms with Crippen LogP contribution in [0.2, 0.25) is 0 Å². The molecule has 0 unspecified atom stereocenters. The summed E-state index contributed by atoms with van der Waals surface area (Å²) in [5.41, 5.74) is 6.43. The Morgan fingerprint density at radius 2 is 1.89 bits per heavy atom. The van der Waals surface area contributed by atoms with E-state index >= 15 is 0 Å². The predicted octanol–water partition coefficient (Wildman–Crippen LogP) is 2.49. The van der Waals surface area contributed by atoms with Crippen LogP contribution in [0, 0.1) is 0 Å². The third-order valence-corrected chi connectivity index (χ3v) is 6.46. The first kappa shape index (κ1) is 15.6. The maximum Gasteiger partial charge on any atom is 0.0572 e. The minimum Gasteiger partial charge on any atom is -0.381 e. The van der Waals surface area contributed by atoms with E-state index in [1.54, 1.807) is 0 Å². The SMILES string of the molecule is COC1CCC(CN)(N2CCSC(C)(C)CC2)CC1. The normalized spacial score (nSPS) is 36.9. The maximum atomic E-state index is 6.19. The molecule has 0 amide bonds. The van der Waals surface area contributed by atoms with Crippen LogP contribution in [0.15, 0.2) is 0 Å². The number of hydrogen-bond donors (Lipinski definition) is 1. The van der Waals surface area contributed by atoms with Gasteiger partial charge >= 0.3 is 0 Å². The third-order valence-electron chi connectivity index (χ3n) is 5.09. The molecule has 0 aromatic carbocycles. The molecule has 19 heavy (non-hydrogen) atoms. The summed E-state index contributed by atoms with van der Waals surface area (Å²) in [6.45, 7) is 7.95. The van der Waals surface area contributed by atoms with Gasteiger partial charge in [-0.05, 0) is 32.1 Å². The summed E-state index contributed by atoms with van der Waals surface area (Å²) in [7, 11) is 1.84. The summed E-state index contributed by atoms with van der Waals surface area (Å²) < 4.78 is 5.94. The summed E-state index contributed by atoms with van der Waals surface area (Å²) in [5.74, 6) is 1.24. The molecular weight excluding hydrogens is 256 g/mol. The van der Waals surface area contributed by atoms with Gasteiger partial charge in [0.15, 0.2) is 0 Å². The van der Waals surface area contributed by atoms with Crippen molar-refractivity contribution in [3.63, 3.8) is 0 Å². The van der Waals surface area contributed by atoms with E-state index in [0.29, 0.717) is 10.9 Å². The Hall–Kier alpha value is 0.230. The van der Waals surface area contributed by atoms with E-state index in [2.05, 4.69) is 30.5 Å². The molecule has 0 radical (unpaired) electrons. The number of nitrogens with two attached hydrogens (primary N) is 1. The van der Waals surface area contributed by atoms with Crippen LogP contribution in [-0.2, 0) is 4.74 Å². The highest BCUT2D eigenvalue weighted by Gasteiger charge is 2.40. The van der Waals surface area contributed by atoms with Gasteiger partial charge in [0.1, 0.15) is 0 Å². The smallest absolute Gasteiger partial charge is 0.0572 e. The van der Waals surface area contributed by atoms with Crippen LogP contribution in [-0.4, -0.2) is 53.8 Å². The molecule has 1 heterocycles. The van der Waals surface area contributed by atoms with Gasteiger partial charge in [0, 0.05) is 42.8 Å². The van der Waals surface area contributed by atoms with Crippen LogP contribution in [0.3, 0.4) is 0 Å². The van der Waals surface area contributed by atoms with Crippen molar-refractivity contribution >= 4 is 11.8 Å². The molecule has 1 aliphatic heterocycles. The fourth-order valence-electron chi connectivity index (χ4n) is 3.51. The van der Waals surface area contributed by atoms with Gasteiger partial charge in [-0.2, -0.15) is 11.8 Å². The van der Waals surface area contributed by atoms with Crippen molar-refractivity contribution in [2.24, 2.45) is 5.73 Å². The third kappa shape index (κ3) is 3.66. The van der Waals surface area contributed by atoms with Crippen molar-refractivity contribution in [1.29, 1.82) is 0 Å². The summed E-state index contributed by atoms with van der Waals surface area (Å²) in [6.07, 6.45) is 6.46. The highest BCUT2D eigenvalue weighted by atomic mass is 32.2. The zero-order chi connectivity index (χ0) is 13.9. The van der Waals surface area contributed by atoms with Gasteiger partial charge in [0.05, 0.1) is 6.10 Å². The highest BCUT2D eigenvalue weighted by molar-refractivity contribution is 8.00. The maximum absolute atomic E-state index is 6.19. The monoisotopic (exact) mass is 286 g/mol. The van der Waals surface area contributed by atoms with Crippen LogP contribution in [0.4, 0.5) is 0 Å². The lowest BCUT2D eigenvalue weighted by Crippen LogP contribution is -2.57. The molecule has 0 aromatic heterocycles. The van der Waals surface area contributed by atoms with Crippen molar-refractivity contribution in [1.82, 2.24) is 4.90 Å². The Morgan fingerprint density at radius 3 is 2.47 bits per heavy atom. The molecule has 112 valence electrons. The van der Waals surface area contributed by atoms with Crippen molar-refractivity contribution in [2.45, 2.75) is 62.3 Å². The minimum atomic E-state index is 0.246. The Balaban J connectivity index is 2.01. The number of ether oxygens (including phenoxy) is 1. The van der Waals surface area contributed by atoms with E-state index in [9.17, 15) is 0 Å². The van der Waals surface area contributed by atoms with E-state index in [1.807, 2.05) is 7.11 Å². The van der Waals surface area contributed by atoms with Gasteiger partial charge in [0.25, 0.3) is 0 Å². The zero-order valence-electron chi connectivity index (χ0n) is 12.8. The molecule has 2 rings (SSSR count). The number of rotatable bonds is 3. The van der Waals surface area contributed by atoms with Gasteiger partial charge < -0.3 is 10.5 Å². The number of methoxy groups -OCH3 is 1. The summed E-state index contributed by atoms with van der Waals surface area (Å²) in [4.78, 5) is 2.70. The molecule has 1 saturated heterocycles. The molecule has 1 aliphatic carbocycles. The Morgan fingerprint density at radius 1 is 1.21 bits per heavy atom. The fourth-order valence-corrected chi connectivity index (χ4v) is 4.61. The summed E-state index contributed by atoms with van der Waals surface area (Å²) in [6, 6.07) is 0. The van der Waals surface area contributed by atoms with Gasteiger partial charge in [-0.1, -0.05) is 13.8 Å². The molecule has 1 saturated carbocycles. The van der Waals surface area contributed by atoms with Gasteiger partial charge in [0.2, 0.25) is 0 Å². The van der Waals surface area contributed by atoms with Gasteiger partial charge in [-0.3, -0.25) is 4.90 Å². The molecule has 2 aliphatic rings. The molecule has 4 heteroatoms. The molecule has 2 fully saturated rings. The van der Waals surface area contributed by atoms with Crippen LogP contribution < -0.4 is 5.73 Å². The molecule has 0 atom stereocenters. The molecule has 0 aromatic rings. The van der Waals surface area contributed by atoms with Gasteiger partial charge in [-0.15, -0.1) is 0 Å². The van der Waals surface area contributed by atoms with Crippen molar-refractivity contribution in [3.05, 3.63) is 0 Å². The molecule has 3 nitrogen and oxygen atoms in total. The van der Waals surface area contributed by atoms with Crippen molar-refractivity contribution in [2.75, 3.05) is 32.5 Å². The lowest BCUT2D eigenvalue weighted by molar-refractivity contribution is -0.00484. The first-order chi connectivity index (χ1) is 9.01. The Bertz CT molecular complexity index is 288. The molecule has 0 spiro atoms. The molecule has 2 N–H and O–H groups in total. The van der Waals surface area contributed by atoms with Crippen LogP contribution in [0.25, 0.3) is 0 Å². The Kier molecular flexibility index (Phi) is 5.21. The second-order valence-corrected chi connectivity index (χ2v) is 8.51. The largest absolute Gasteiger partial charge is 0.381 e. The molecule has 0 bridgehead atoms. The highest BCUT2D eigenvalue weighted by Crippen LogP contribution is 2.38. The first-order valence-electron chi connectivity index (χ1n) is 7.63. The van der Waals surface area contributed by atoms with Crippen LogP contribution in [0.1, 0.15) is 46.0 Å². The predicted molar refractivity (Wildman–Crippen MR) is 83.8 cm³/mol. The lowest BCUT2D eigenvalue weighted by Gasteiger charge is -2.47. The quantitative estimate of drug-likeness (QED) is 0.865. The average Bonchev–Trinajstić information content (AvgIpc) is 2.60. The topological polar surface area (TPSA) is 38.5 Å². The van der Waals surface area contributed by atoms with Crippen molar-refractivity contribution in [3.8, 4) is 0 Å². The summed E-state index contributed by atoms with van der Waals surface area (Å²) >= 11 is 2.12. The Labute approximate surface area is 122 Å². The lowest BCUT2D eigenvalue weighted by atomic mass is 9.78. The van der Waals surface area contributed by atoms with E-state index in [-0.39, 0.29) is 5.54 Å². The molecular formula is C15H30N2OS. The number of nitrogens with zero attached hydrogens (tertiary/aromatic N) is 1. The summed E-state index contributed by atoms with van der Waals surface area (Å²) in [5, 5.41) is 0. The number of hydrogen-bond acceptors (Lipinski definition) is 4. The minimum absolute atomic E-state index is 0.246. The second kappa shape index (κ2) is 6.33. The zero-order valence-corrected chi connectivity index (χ0v) is 13.6. The fraction of sp³-hybridized carbons (Fsp3) is 1.00. The van der Waals surface area contributed by atoms with E-state index in [4.69, 9.17) is 10.5 Å². The van der Waals surface area contributed by atoms with Crippen LogP contribution >= 0.6 is 11.8 Å². The van der Waals surface area contributed by atoms with Crippen LogP contribution in [0.5, 0.6) is 0 Å².